The number of carbonyl (C=O) groups excluding carboxylic acids is 9. The quantitative estimate of drug-likeness (QED) is 0.0245. The predicted molar refractivity (Wildman–Crippen MR) is 313 cm³/mol. The first-order chi connectivity index (χ1) is 40.9. The zero-order valence-electron chi connectivity index (χ0n) is 47.7. The first-order valence-electron chi connectivity index (χ1n) is 27.8. The van der Waals surface area contributed by atoms with E-state index in [-0.39, 0.29) is 137 Å². The molecule has 0 radical (unpaired) electrons. The van der Waals surface area contributed by atoms with Gasteiger partial charge in [-0.25, -0.2) is 4.98 Å². The van der Waals surface area contributed by atoms with Gasteiger partial charge in [0, 0.05) is 120 Å². The first kappa shape index (κ1) is 60.0. The van der Waals surface area contributed by atoms with Crippen LogP contribution in [0.2, 0.25) is 0 Å². The molecular formula is C62H66N10O13. The Morgan fingerprint density at radius 2 is 1.52 bits per heavy atom. The van der Waals surface area contributed by atoms with Gasteiger partial charge in [0.05, 0.1) is 69.0 Å². The van der Waals surface area contributed by atoms with Crippen LogP contribution in [0.25, 0.3) is 22.0 Å². The number of aliphatic imine (C=N–C) groups is 1. The lowest BCUT2D eigenvalue weighted by Gasteiger charge is -2.20. The van der Waals surface area contributed by atoms with Crippen molar-refractivity contribution in [3.05, 3.63) is 138 Å². The van der Waals surface area contributed by atoms with Crippen molar-refractivity contribution in [2.45, 2.75) is 64.0 Å². The Kier molecular flexibility index (Phi) is 19.2. The van der Waals surface area contributed by atoms with Crippen molar-refractivity contribution in [2.24, 2.45) is 19.1 Å². The van der Waals surface area contributed by atoms with Crippen molar-refractivity contribution >= 4 is 81.5 Å². The highest BCUT2D eigenvalue weighted by molar-refractivity contribution is 6.13. The summed E-state index contributed by atoms with van der Waals surface area (Å²) in [5.41, 5.74) is 6.07. The number of nitrogens with one attached hydrogen (secondary N) is 3. The number of hydrogen-bond donors (Lipinski definition) is 3. The van der Waals surface area contributed by atoms with Crippen LogP contribution in [0.5, 0.6) is 11.5 Å². The maximum atomic E-state index is 14.0. The van der Waals surface area contributed by atoms with Gasteiger partial charge in [-0.1, -0.05) is 42.5 Å². The average molecular weight is 1160 g/mol. The molecule has 442 valence electrons. The lowest BCUT2D eigenvalue weighted by molar-refractivity contribution is -0.137. The highest BCUT2D eigenvalue weighted by atomic mass is 16.5. The van der Waals surface area contributed by atoms with Gasteiger partial charge in [0.2, 0.25) is 23.5 Å². The zero-order chi connectivity index (χ0) is 60.3. The number of aromatic nitrogens is 4. The lowest BCUT2D eigenvalue weighted by atomic mass is 10.0. The fourth-order valence-corrected chi connectivity index (χ4v) is 10.1. The fraction of sp³-hybridized carbons (Fsp3) is 0.339. The van der Waals surface area contributed by atoms with Gasteiger partial charge in [-0.15, -0.1) is 0 Å². The number of ether oxygens (including phenoxy) is 4. The van der Waals surface area contributed by atoms with Crippen LogP contribution in [0.15, 0.2) is 115 Å². The highest BCUT2D eigenvalue weighted by Crippen LogP contribution is 2.39. The van der Waals surface area contributed by atoms with Gasteiger partial charge in [-0.3, -0.25) is 57.6 Å². The summed E-state index contributed by atoms with van der Waals surface area (Å²) in [7, 11) is 4.97. The molecule has 6 aromatic rings. The number of anilines is 1. The highest BCUT2D eigenvalue weighted by Gasteiger charge is 2.34. The maximum Gasteiger partial charge on any atom is 0.278 e. The molecular weight excluding hydrogens is 1090 g/mol. The molecule has 0 spiro atoms. The van der Waals surface area contributed by atoms with Gasteiger partial charge in [0.15, 0.2) is 28.9 Å². The fourth-order valence-electron chi connectivity index (χ4n) is 10.1. The van der Waals surface area contributed by atoms with E-state index < -0.39 is 17.9 Å². The van der Waals surface area contributed by atoms with E-state index in [1.165, 1.54) is 19.3 Å². The van der Waals surface area contributed by atoms with Gasteiger partial charge < -0.3 is 48.9 Å². The number of methoxy groups -OCH3 is 1. The Labute approximate surface area is 489 Å². The van der Waals surface area contributed by atoms with Crippen LogP contribution in [-0.2, 0) is 65.2 Å². The van der Waals surface area contributed by atoms with Gasteiger partial charge in [0.25, 0.3) is 23.6 Å². The van der Waals surface area contributed by atoms with Gasteiger partial charge in [0.1, 0.15) is 5.69 Å². The van der Waals surface area contributed by atoms with E-state index in [9.17, 15) is 43.2 Å². The Morgan fingerprint density at radius 1 is 0.765 bits per heavy atom. The van der Waals surface area contributed by atoms with Crippen molar-refractivity contribution in [3.8, 4) is 22.6 Å². The van der Waals surface area contributed by atoms with E-state index in [0.29, 0.717) is 53.3 Å². The molecule has 6 amide bonds. The Balaban J connectivity index is 0.678. The molecule has 2 atom stereocenters. The molecule has 3 aromatic carbocycles. The number of Topliss-reactive ketones (excluding diaryl/α,β-unsaturated/α-hetero) is 2. The van der Waals surface area contributed by atoms with E-state index in [0.717, 1.165) is 38.1 Å². The van der Waals surface area contributed by atoms with E-state index >= 15 is 0 Å². The molecule has 6 heterocycles. The van der Waals surface area contributed by atoms with Crippen LogP contribution < -0.4 is 25.4 Å². The minimum Gasteiger partial charge on any atom is -0.493 e. The number of nitrogens with zero attached hydrogens (tertiary/aromatic N) is 7. The summed E-state index contributed by atoms with van der Waals surface area (Å²) in [6.45, 7) is 7.34. The summed E-state index contributed by atoms with van der Waals surface area (Å²) < 4.78 is 27.3. The summed E-state index contributed by atoms with van der Waals surface area (Å²) in [6.07, 6.45) is 10.5. The standard InChI is InChI=1S/C62H66N10O13/c1-38-27-45-34-64-47-33-53(52(82-5)32-46(47)61(80)72(45)35-38)85-22-6-7-56(76)66-54-37-69(4)60(67-54)51(74)29-40-8-11-42(12-9-40)44-31-49(68(3)36-44)62(81)70-20-16-43-28-41(10-13-48(43)70)30-50(73)39(2)65-57(77)18-23-83-25-26-84-24-19-63-55(75)17-21-71-58(78)14-15-59(71)79/h8-16,20,28,31-34,36-37,39,45H,1,6-7,17-19,21-27,29-30,35H2,2-5H3,(H,63,75)(H,65,77)(H,66,76)/t39-,45-/m0/s1. The molecule has 3 aliphatic heterocycles. The van der Waals surface area contributed by atoms with Crippen molar-refractivity contribution in [1.82, 2.24) is 39.1 Å². The molecule has 0 saturated carbocycles. The number of amides is 6. The van der Waals surface area contributed by atoms with Gasteiger partial charge >= 0.3 is 0 Å². The molecule has 9 rings (SSSR count). The molecule has 85 heavy (non-hydrogen) atoms. The Bertz CT molecular complexity index is 3650. The second-order valence-corrected chi connectivity index (χ2v) is 20.9. The Hall–Kier alpha value is -9.61. The third-order valence-corrected chi connectivity index (χ3v) is 14.6. The molecule has 0 unspecified atom stereocenters. The van der Waals surface area contributed by atoms with Crippen LogP contribution in [0, 0.1) is 0 Å². The van der Waals surface area contributed by atoms with Crippen molar-refractivity contribution < 1.29 is 62.1 Å². The molecule has 0 aliphatic carbocycles. The minimum absolute atomic E-state index is 0.00198. The van der Waals surface area contributed by atoms with E-state index in [1.54, 1.807) is 82.5 Å². The number of rotatable bonds is 28. The van der Waals surface area contributed by atoms with E-state index in [1.807, 2.05) is 48.7 Å². The number of imide groups is 1. The third-order valence-electron chi connectivity index (χ3n) is 14.6. The summed E-state index contributed by atoms with van der Waals surface area (Å²) in [5.74, 6) is -1.48. The number of aryl methyl sites for hydroxylation is 2. The van der Waals surface area contributed by atoms with Crippen LogP contribution in [0.1, 0.15) is 81.6 Å². The first-order valence-corrected chi connectivity index (χ1v) is 27.8. The molecule has 1 saturated heterocycles. The molecule has 23 nitrogen and oxygen atoms in total. The van der Waals surface area contributed by atoms with Crippen molar-refractivity contribution in [1.29, 1.82) is 0 Å². The molecule has 0 bridgehead atoms. The van der Waals surface area contributed by atoms with Gasteiger partial charge in [-0.05, 0) is 66.8 Å². The summed E-state index contributed by atoms with van der Waals surface area (Å²) >= 11 is 0. The van der Waals surface area contributed by atoms with Gasteiger partial charge in [-0.2, -0.15) is 0 Å². The number of benzene rings is 3. The smallest absolute Gasteiger partial charge is 0.278 e. The third kappa shape index (κ3) is 14.8. The normalized spacial score (nSPS) is 14.8. The monoisotopic (exact) mass is 1160 g/mol. The zero-order valence-corrected chi connectivity index (χ0v) is 47.7. The average Bonchev–Trinajstić information content (AvgIpc) is 2.41. The van der Waals surface area contributed by atoms with Crippen LogP contribution in [0.3, 0.4) is 0 Å². The van der Waals surface area contributed by atoms with Crippen molar-refractivity contribution in [2.75, 3.05) is 65.1 Å². The second kappa shape index (κ2) is 27.2. The molecule has 3 N–H and O–H groups in total. The van der Waals surface area contributed by atoms with Crippen LogP contribution >= 0.6 is 0 Å². The summed E-state index contributed by atoms with van der Waals surface area (Å²) in [4.78, 5) is 126. The lowest BCUT2D eigenvalue weighted by Crippen LogP contribution is -2.39. The molecule has 23 heteroatoms. The Morgan fingerprint density at radius 3 is 2.28 bits per heavy atom. The molecule has 1 fully saturated rings. The summed E-state index contributed by atoms with van der Waals surface area (Å²) in [6, 6.07) is 18.9. The van der Waals surface area contributed by atoms with Crippen molar-refractivity contribution in [3.63, 3.8) is 0 Å². The van der Waals surface area contributed by atoms with E-state index in [4.69, 9.17) is 18.9 Å². The molecule has 3 aromatic heterocycles. The van der Waals surface area contributed by atoms with Crippen LogP contribution in [0.4, 0.5) is 11.5 Å². The number of carbonyl (C=O) groups is 9. The van der Waals surface area contributed by atoms with Crippen LogP contribution in [-0.4, -0.2) is 159 Å². The number of fused-ring (bicyclic) bond motifs is 3. The number of ketones is 2. The molecule has 3 aliphatic rings. The second-order valence-electron chi connectivity index (χ2n) is 20.9. The predicted octanol–water partition coefficient (Wildman–Crippen LogP) is 5.26. The maximum absolute atomic E-state index is 14.0. The summed E-state index contributed by atoms with van der Waals surface area (Å²) in [5, 5.41) is 8.91. The number of hydrogen-bond acceptors (Lipinski definition) is 15. The topological polar surface area (TPSA) is 273 Å². The number of imidazole rings is 1. The minimum atomic E-state index is -0.752. The largest absolute Gasteiger partial charge is 0.493 e. The van der Waals surface area contributed by atoms with E-state index in [2.05, 4.69) is 32.5 Å². The SMILES string of the molecule is C=C1C[C@H]2C=Nc3cc(OCCCC(=O)Nc4cn(C)c(C(=O)Cc5ccc(-c6cc(C(=O)n7ccc8cc(CC(=O)[C@H](C)NC(=O)CCOCCOCCNC(=O)CCN9C(=O)C=CC9=O)ccc87)n(C)c6)cc5)n4)c(OC)cc3C(=O)N2C1.